The zero-order chi connectivity index (χ0) is 28.2. The second kappa shape index (κ2) is 14.7. The predicted molar refractivity (Wildman–Crippen MR) is 153 cm³/mol. The molecule has 0 saturated heterocycles. The first-order chi connectivity index (χ1) is 18.1. The highest BCUT2D eigenvalue weighted by Crippen LogP contribution is 2.37. The molecule has 0 aliphatic rings. The van der Waals surface area contributed by atoms with E-state index in [1.54, 1.807) is 0 Å². The van der Waals surface area contributed by atoms with Gasteiger partial charge in [-0.3, -0.25) is 9.59 Å². The molecule has 0 N–H and O–H groups in total. The maximum absolute atomic E-state index is 13.2. The maximum atomic E-state index is 13.2. The molecule has 7 heteroatoms. The van der Waals surface area contributed by atoms with Crippen molar-refractivity contribution in [2.24, 2.45) is 5.92 Å². The van der Waals surface area contributed by atoms with Gasteiger partial charge in [0.15, 0.2) is 0 Å². The molecule has 0 fully saturated rings. The second-order valence-corrected chi connectivity index (χ2v) is 14.8. The van der Waals surface area contributed by atoms with Crippen LogP contribution in [0.2, 0.25) is 5.04 Å². The minimum atomic E-state index is -2.88. The number of methoxy groups -OCH3 is 2. The van der Waals surface area contributed by atoms with Gasteiger partial charge in [-0.25, -0.2) is 4.79 Å². The Hall–Kier alpha value is -3.19. The first-order valence-electron chi connectivity index (χ1n) is 13.3. The van der Waals surface area contributed by atoms with Crippen LogP contribution < -0.4 is 10.4 Å². The quantitative estimate of drug-likeness (QED) is 0.140. The largest absolute Gasteiger partial charge is 0.510 e. The van der Waals surface area contributed by atoms with Crippen molar-refractivity contribution in [3.8, 4) is 0 Å². The van der Waals surface area contributed by atoms with E-state index in [0.29, 0.717) is 12.8 Å². The first-order valence-corrected chi connectivity index (χ1v) is 15.2. The Morgan fingerprint density at radius 3 is 1.76 bits per heavy atom. The maximum Gasteiger partial charge on any atom is 0.334 e. The van der Waals surface area contributed by atoms with Gasteiger partial charge >= 0.3 is 20.3 Å². The highest BCUT2D eigenvalue weighted by molar-refractivity contribution is 7.00. The SMILES string of the molecule is C=C(C(=O)OC)[C@H](CCCCCCCC(=O)O[Si](c1ccccc1)(c1ccccc1)C(C)(C)C)C(=O)OC. The fourth-order valence-corrected chi connectivity index (χ4v) is 9.24. The molecule has 0 spiro atoms. The Kier molecular flexibility index (Phi) is 12.0. The smallest absolute Gasteiger partial charge is 0.334 e. The Balaban J connectivity index is 1.96. The van der Waals surface area contributed by atoms with Crippen molar-refractivity contribution in [1.29, 1.82) is 0 Å². The van der Waals surface area contributed by atoms with Crippen LogP contribution in [0.1, 0.15) is 65.7 Å². The number of carbonyl (C=O) groups is 3. The van der Waals surface area contributed by atoms with Crippen molar-refractivity contribution in [3.63, 3.8) is 0 Å². The molecule has 0 aromatic heterocycles. The number of unbranched alkanes of at least 4 members (excludes halogenated alkanes) is 4. The van der Waals surface area contributed by atoms with Gasteiger partial charge in [0.05, 0.1) is 20.1 Å². The molecule has 2 aromatic carbocycles. The fourth-order valence-electron chi connectivity index (χ4n) is 4.87. The van der Waals surface area contributed by atoms with Crippen LogP contribution in [0.4, 0.5) is 0 Å². The van der Waals surface area contributed by atoms with Gasteiger partial charge in [0.1, 0.15) is 0 Å². The molecule has 0 radical (unpaired) electrons. The van der Waals surface area contributed by atoms with E-state index < -0.39 is 26.2 Å². The monoisotopic (exact) mass is 538 g/mol. The summed E-state index contributed by atoms with van der Waals surface area (Å²) in [4.78, 5) is 37.1. The standard InChI is InChI=1S/C31H42O6Si/c1-24(29(33)35-5)27(30(34)36-6)22-16-8-7-9-17-23-28(32)37-38(31(2,3)4,25-18-12-10-13-19-25)26-20-14-11-15-21-26/h10-15,18-21,27H,1,7-9,16-17,22-23H2,2-6H3/t27-/m0/s1. The molecule has 0 aliphatic heterocycles. The van der Waals surface area contributed by atoms with E-state index in [1.165, 1.54) is 14.2 Å². The van der Waals surface area contributed by atoms with Crippen molar-refractivity contribution < 1.29 is 28.3 Å². The average molecular weight is 539 g/mol. The van der Waals surface area contributed by atoms with Crippen LogP contribution in [0, 0.1) is 5.92 Å². The lowest BCUT2D eigenvalue weighted by molar-refractivity contribution is -0.147. The molecular formula is C31H42O6Si. The van der Waals surface area contributed by atoms with Gasteiger partial charge in [-0.2, -0.15) is 0 Å². The van der Waals surface area contributed by atoms with Crippen molar-refractivity contribution >= 4 is 36.6 Å². The van der Waals surface area contributed by atoms with Gasteiger partial charge in [-0.05, 0) is 28.3 Å². The van der Waals surface area contributed by atoms with Crippen molar-refractivity contribution in [2.75, 3.05) is 14.2 Å². The average Bonchev–Trinajstić information content (AvgIpc) is 2.92. The number of carbonyl (C=O) groups excluding carboxylic acids is 3. The van der Waals surface area contributed by atoms with Gasteiger partial charge in [0, 0.05) is 12.0 Å². The summed E-state index contributed by atoms with van der Waals surface area (Å²) in [6.07, 6.45) is 4.94. The van der Waals surface area contributed by atoms with Gasteiger partial charge < -0.3 is 13.9 Å². The molecule has 0 saturated carbocycles. The van der Waals surface area contributed by atoms with E-state index in [4.69, 9.17) is 13.9 Å². The van der Waals surface area contributed by atoms with E-state index in [0.717, 1.165) is 42.5 Å². The summed E-state index contributed by atoms with van der Waals surface area (Å²) in [6.45, 7) is 10.2. The van der Waals surface area contributed by atoms with E-state index >= 15 is 0 Å². The number of hydrogen-bond donors (Lipinski definition) is 0. The lowest BCUT2D eigenvalue weighted by Gasteiger charge is -2.42. The summed E-state index contributed by atoms with van der Waals surface area (Å²) in [5.41, 5.74) is 0.116. The molecule has 1 atom stereocenters. The van der Waals surface area contributed by atoms with E-state index in [2.05, 4.69) is 51.6 Å². The van der Waals surface area contributed by atoms with Gasteiger partial charge in [-0.1, -0.05) is 114 Å². The summed E-state index contributed by atoms with van der Waals surface area (Å²) in [6, 6.07) is 20.3. The first kappa shape index (κ1) is 31.0. The fraction of sp³-hybridized carbons (Fsp3) is 0.452. The molecule has 6 nitrogen and oxygen atoms in total. The van der Waals surface area contributed by atoms with Crippen LogP contribution in [0.25, 0.3) is 0 Å². The molecule has 0 bridgehead atoms. The zero-order valence-electron chi connectivity index (χ0n) is 23.5. The number of benzene rings is 2. The van der Waals surface area contributed by atoms with Gasteiger partial charge in [0.25, 0.3) is 5.97 Å². The molecule has 2 rings (SSSR count). The third kappa shape index (κ3) is 7.90. The minimum absolute atomic E-state index is 0.116. The third-order valence-electron chi connectivity index (χ3n) is 6.91. The van der Waals surface area contributed by atoms with Crippen molar-refractivity contribution in [3.05, 3.63) is 72.8 Å². The minimum Gasteiger partial charge on any atom is -0.510 e. The molecule has 206 valence electrons. The van der Waals surface area contributed by atoms with Crippen LogP contribution in [-0.2, 0) is 28.3 Å². The molecule has 0 heterocycles. The summed E-state index contributed by atoms with van der Waals surface area (Å²) < 4.78 is 16.0. The number of ether oxygens (including phenoxy) is 2. The van der Waals surface area contributed by atoms with Crippen LogP contribution in [0.3, 0.4) is 0 Å². The van der Waals surface area contributed by atoms with E-state index in [1.807, 2.05) is 36.4 Å². The van der Waals surface area contributed by atoms with Crippen molar-refractivity contribution in [2.45, 2.75) is 70.8 Å². The van der Waals surface area contributed by atoms with Crippen molar-refractivity contribution in [1.82, 2.24) is 0 Å². The summed E-state index contributed by atoms with van der Waals surface area (Å²) in [5, 5.41) is 1.91. The lowest BCUT2D eigenvalue weighted by Crippen LogP contribution is -2.67. The Labute approximate surface area is 228 Å². The van der Waals surface area contributed by atoms with Crippen LogP contribution in [-0.4, -0.2) is 40.4 Å². The van der Waals surface area contributed by atoms with Crippen LogP contribution in [0.15, 0.2) is 72.8 Å². The van der Waals surface area contributed by atoms with Crippen LogP contribution >= 0.6 is 0 Å². The Morgan fingerprint density at radius 1 is 0.789 bits per heavy atom. The molecule has 0 amide bonds. The lowest BCUT2D eigenvalue weighted by atomic mass is 9.93. The number of hydrogen-bond acceptors (Lipinski definition) is 6. The second-order valence-electron chi connectivity index (χ2n) is 10.5. The van der Waals surface area contributed by atoms with Gasteiger partial charge in [-0.15, -0.1) is 0 Å². The summed E-state index contributed by atoms with van der Waals surface area (Å²) in [5.74, 6) is -1.94. The topological polar surface area (TPSA) is 78.9 Å². The molecular weight excluding hydrogens is 496 g/mol. The molecule has 0 aliphatic carbocycles. The summed E-state index contributed by atoms with van der Waals surface area (Å²) >= 11 is 0. The molecule has 2 aromatic rings. The van der Waals surface area contributed by atoms with E-state index in [9.17, 15) is 14.4 Å². The summed E-state index contributed by atoms with van der Waals surface area (Å²) in [7, 11) is -0.321. The molecule has 38 heavy (non-hydrogen) atoms. The highest BCUT2D eigenvalue weighted by atomic mass is 28.4. The van der Waals surface area contributed by atoms with Gasteiger partial charge in [0.2, 0.25) is 0 Å². The van der Waals surface area contributed by atoms with Crippen LogP contribution in [0.5, 0.6) is 0 Å². The number of esters is 2. The Bertz CT molecular complexity index is 1020. The molecule has 0 unspecified atom stereocenters. The number of rotatable bonds is 14. The highest BCUT2D eigenvalue weighted by Gasteiger charge is 2.52. The normalized spacial score (nSPS) is 12.3. The zero-order valence-corrected chi connectivity index (χ0v) is 24.5. The third-order valence-corrected chi connectivity index (χ3v) is 11.9. The Morgan fingerprint density at radius 2 is 1.29 bits per heavy atom. The van der Waals surface area contributed by atoms with E-state index in [-0.39, 0.29) is 16.6 Å². The predicted octanol–water partition coefficient (Wildman–Crippen LogP) is 5.34.